The summed E-state index contributed by atoms with van der Waals surface area (Å²) in [4.78, 5) is 0. The van der Waals surface area contributed by atoms with Gasteiger partial charge in [0.05, 0.1) is 0 Å². The summed E-state index contributed by atoms with van der Waals surface area (Å²) in [6.07, 6.45) is -0.157. The van der Waals surface area contributed by atoms with Gasteiger partial charge in [0, 0.05) is 18.4 Å². The van der Waals surface area contributed by atoms with Crippen molar-refractivity contribution in [3.8, 4) is 0 Å². The molecule has 0 radical (unpaired) electrons. The maximum absolute atomic E-state index is 7.58. The molecule has 1 heteroatoms. The first-order valence-electron chi connectivity index (χ1n) is 8.54. The Kier molecular flexibility index (Phi) is 1.02. The molecule has 0 aliphatic rings. The lowest BCUT2D eigenvalue weighted by molar-refractivity contribution is 0.318. The Morgan fingerprint density at radius 2 is 1.92 bits per heavy atom. The molecule has 0 aliphatic carbocycles. The van der Waals surface area contributed by atoms with Crippen molar-refractivity contribution in [1.82, 2.24) is 0 Å². The van der Waals surface area contributed by atoms with Crippen molar-refractivity contribution >= 4 is 0 Å². The van der Waals surface area contributed by atoms with Crippen molar-refractivity contribution in [1.29, 1.82) is 0 Å². The highest BCUT2D eigenvalue weighted by Gasteiger charge is 2.20. The Labute approximate surface area is 93.6 Å². The fourth-order valence-corrected chi connectivity index (χ4v) is 1.02. The number of hydrogen-bond acceptors (Lipinski definition) is 1. The first-order valence-corrected chi connectivity index (χ1v) is 4.04. The number of rotatable bonds is 2. The van der Waals surface area contributed by atoms with Gasteiger partial charge in [-0.25, -0.2) is 0 Å². The maximum Gasteiger partial charge on any atom is 0.0236 e. The molecule has 2 N–H and O–H groups in total. The van der Waals surface area contributed by atoms with Crippen LogP contribution in [0.4, 0.5) is 0 Å². The van der Waals surface area contributed by atoms with Crippen molar-refractivity contribution in [2.45, 2.75) is 33.0 Å². The summed E-state index contributed by atoms with van der Waals surface area (Å²) in [5.41, 5.74) is 3.45. The largest absolute Gasteiger partial charge is 0.327 e. The van der Waals surface area contributed by atoms with E-state index in [0.717, 1.165) is 0 Å². The zero-order chi connectivity index (χ0) is 17.4. The van der Waals surface area contributed by atoms with Crippen LogP contribution in [0, 0.1) is 5.41 Å². The van der Waals surface area contributed by atoms with Gasteiger partial charge in [-0.1, -0.05) is 50.9 Å². The molecule has 0 aromatic heterocycles. The van der Waals surface area contributed by atoms with Gasteiger partial charge in [0.1, 0.15) is 0 Å². The molecule has 1 unspecified atom stereocenters. The quantitative estimate of drug-likeness (QED) is 0.755. The average molecular weight is 186 g/mol. The van der Waals surface area contributed by atoms with Gasteiger partial charge in [0.2, 0.25) is 0 Å². The van der Waals surface area contributed by atoms with Gasteiger partial charge in [-0.2, -0.15) is 0 Å². The first-order chi connectivity index (χ1) is 9.75. The Morgan fingerprint density at radius 1 is 1.31 bits per heavy atom. The van der Waals surface area contributed by atoms with Crippen LogP contribution in [0.25, 0.3) is 0 Å². The molecule has 0 aliphatic heterocycles. The van der Waals surface area contributed by atoms with Crippen molar-refractivity contribution in [3.63, 3.8) is 0 Å². The molecule has 0 heterocycles. The average Bonchev–Trinajstić information content (AvgIpc) is 2.24. The molecule has 72 valence electrons. The van der Waals surface area contributed by atoms with E-state index < -0.39 is 32.0 Å². The molecular formula is C12H19N. The number of hydrogen-bond donors (Lipinski definition) is 1. The van der Waals surface area contributed by atoms with Gasteiger partial charge >= 0.3 is 0 Å². The van der Waals surface area contributed by atoms with Gasteiger partial charge < -0.3 is 5.73 Å². The molecule has 0 spiro atoms. The molecule has 13 heavy (non-hydrogen) atoms. The van der Waals surface area contributed by atoms with Crippen LogP contribution in [0.2, 0.25) is 0 Å². The van der Waals surface area contributed by atoms with Gasteiger partial charge in [0.25, 0.3) is 0 Å². The van der Waals surface area contributed by atoms with Crippen LogP contribution in [0.1, 0.15) is 38.5 Å². The minimum absolute atomic E-state index is 0.157. The third-order valence-electron chi connectivity index (χ3n) is 1.85. The lowest BCUT2D eigenvalue weighted by Gasteiger charge is -2.27. The second-order valence-corrected chi connectivity index (χ2v) is 3.10. The smallest absolute Gasteiger partial charge is 0.0236 e. The third-order valence-corrected chi connectivity index (χ3v) is 1.85. The predicted octanol–water partition coefficient (Wildman–Crippen LogP) is 2.60. The molecule has 1 rings (SSSR count). The fourth-order valence-electron chi connectivity index (χ4n) is 1.02. The lowest BCUT2D eigenvalue weighted by Crippen LogP contribution is -2.36. The van der Waals surface area contributed by atoms with E-state index in [1.54, 1.807) is 30.3 Å². The van der Waals surface area contributed by atoms with E-state index in [0.29, 0.717) is 5.56 Å². The van der Waals surface area contributed by atoms with Crippen LogP contribution >= 0.6 is 0 Å². The van der Waals surface area contributed by atoms with Crippen molar-refractivity contribution in [2.24, 2.45) is 11.1 Å². The zero-order valence-electron chi connectivity index (χ0n) is 16.2. The van der Waals surface area contributed by atoms with Crippen LogP contribution in [0.3, 0.4) is 0 Å². The Bertz CT molecular complexity index is 450. The van der Waals surface area contributed by atoms with Crippen molar-refractivity contribution in [2.75, 3.05) is 0 Å². The molecule has 0 amide bonds. The molecule has 0 fully saturated rings. The van der Waals surface area contributed by atoms with E-state index in [2.05, 4.69) is 0 Å². The van der Waals surface area contributed by atoms with Crippen molar-refractivity contribution < 1.29 is 12.3 Å². The standard InChI is InChI=1S/C12H19N/c1-12(2,3)11(13)9-10-7-5-4-6-8-10/h4-8,11H,9,13H2,1-3H3/i1D3,2D3,3D3. The normalized spacial score (nSPS) is 27.3. The summed E-state index contributed by atoms with van der Waals surface area (Å²) < 4.78 is 68.2. The number of nitrogens with two attached hydrogens (primary N) is 1. The summed E-state index contributed by atoms with van der Waals surface area (Å²) in [5, 5.41) is 0. The summed E-state index contributed by atoms with van der Waals surface area (Å²) in [7, 11) is 0. The molecule has 0 saturated carbocycles. The van der Waals surface area contributed by atoms with Crippen LogP contribution in [0.5, 0.6) is 0 Å². The second kappa shape index (κ2) is 3.93. The Hall–Kier alpha value is -0.820. The summed E-state index contributed by atoms with van der Waals surface area (Å²) >= 11 is 0. The molecular weight excluding hydrogens is 158 g/mol. The Balaban J connectivity index is 3.43. The topological polar surface area (TPSA) is 26.0 Å². The molecule has 1 atom stereocenters. The molecule has 1 nitrogen and oxygen atoms in total. The highest BCUT2D eigenvalue weighted by atomic mass is 14.7. The van der Waals surface area contributed by atoms with Crippen LogP contribution in [-0.4, -0.2) is 6.04 Å². The van der Waals surface area contributed by atoms with Crippen LogP contribution in [-0.2, 0) is 6.42 Å². The van der Waals surface area contributed by atoms with E-state index in [9.17, 15) is 0 Å². The summed E-state index contributed by atoms with van der Waals surface area (Å²) in [6.45, 7) is -9.80. The van der Waals surface area contributed by atoms with Gasteiger partial charge in [-0.15, -0.1) is 0 Å². The van der Waals surface area contributed by atoms with Crippen LogP contribution < -0.4 is 5.73 Å². The summed E-state index contributed by atoms with van der Waals surface area (Å²) in [6, 6.07) is 6.81. The predicted molar refractivity (Wildman–Crippen MR) is 57.6 cm³/mol. The highest BCUT2D eigenvalue weighted by Crippen LogP contribution is 2.20. The molecule has 1 aromatic carbocycles. The fraction of sp³-hybridized carbons (Fsp3) is 0.500. The Morgan fingerprint density at radius 3 is 2.46 bits per heavy atom. The third kappa shape index (κ3) is 3.19. The molecule has 1 aromatic rings. The van der Waals surface area contributed by atoms with Crippen LogP contribution in [0.15, 0.2) is 30.3 Å². The molecule has 0 saturated heterocycles. The molecule has 0 bridgehead atoms. The second-order valence-electron chi connectivity index (χ2n) is 3.10. The van der Waals surface area contributed by atoms with Gasteiger partial charge in [0.15, 0.2) is 0 Å². The maximum atomic E-state index is 7.58. The highest BCUT2D eigenvalue weighted by molar-refractivity contribution is 5.16. The minimum atomic E-state index is -3.27. The SMILES string of the molecule is [2H]C([2H])([2H])C(C(N)Cc1ccccc1)(C([2H])([2H])[2H])C([2H])([2H])[2H]. The first kappa shape index (κ1) is 3.39. The van der Waals surface area contributed by atoms with E-state index in [4.69, 9.17) is 18.1 Å². The number of benzene rings is 1. The minimum Gasteiger partial charge on any atom is -0.327 e. The van der Waals surface area contributed by atoms with E-state index in [-0.39, 0.29) is 6.42 Å². The zero-order valence-corrected chi connectivity index (χ0v) is 7.25. The summed E-state index contributed by atoms with van der Waals surface area (Å²) in [5.74, 6) is 0. The van der Waals surface area contributed by atoms with Gasteiger partial charge in [-0.05, 0) is 17.4 Å². The van der Waals surface area contributed by atoms with E-state index >= 15 is 0 Å². The van der Waals surface area contributed by atoms with E-state index in [1.165, 1.54) is 0 Å². The lowest BCUT2D eigenvalue weighted by atomic mass is 9.84. The van der Waals surface area contributed by atoms with Gasteiger partial charge in [-0.3, -0.25) is 0 Å². The van der Waals surface area contributed by atoms with E-state index in [1.807, 2.05) is 0 Å². The van der Waals surface area contributed by atoms with Crippen molar-refractivity contribution in [3.05, 3.63) is 35.9 Å². The monoisotopic (exact) mass is 186 g/mol.